The van der Waals surface area contributed by atoms with Crippen LogP contribution in [0.5, 0.6) is 0 Å². The molecule has 1 N–H and O–H groups in total. The molecule has 1 aromatic carbocycles. The normalized spacial score (nSPS) is 20.3. The Morgan fingerprint density at radius 3 is 2.63 bits per heavy atom. The minimum Gasteiger partial charge on any atom is -0.350 e. The van der Waals surface area contributed by atoms with E-state index in [4.69, 9.17) is 0 Å². The molecule has 1 aliphatic heterocycles. The van der Waals surface area contributed by atoms with Gasteiger partial charge < -0.3 is 10.2 Å². The van der Waals surface area contributed by atoms with Crippen molar-refractivity contribution in [3.05, 3.63) is 57.8 Å². The van der Waals surface area contributed by atoms with E-state index >= 15 is 0 Å². The molecule has 144 valence electrons. The lowest BCUT2D eigenvalue weighted by atomic mass is 9.84. The van der Waals surface area contributed by atoms with E-state index in [9.17, 15) is 9.59 Å². The van der Waals surface area contributed by atoms with Crippen molar-refractivity contribution in [3.8, 4) is 0 Å². The van der Waals surface area contributed by atoms with Crippen LogP contribution in [-0.4, -0.2) is 29.3 Å². The molecular weight excluding hydrogens is 356 g/mol. The van der Waals surface area contributed by atoms with Crippen molar-refractivity contribution >= 4 is 23.2 Å². The molecular formula is C22H28N2O2S. The van der Waals surface area contributed by atoms with E-state index in [1.54, 1.807) is 11.3 Å². The minimum atomic E-state index is -0.311. The largest absolute Gasteiger partial charge is 0.350 e. The van der Waals surface area contributed by atoms with E-state index in [2.05, 4.69) is 49.5 Å². The summed E-state index contributed by atoms with van der Waals surface area (Å²) >= 11 is 1.67. The lowest BCUT2D eigenvalue weighted by Gasteiger charge is -2.31. The number of aryl methyl sites for hydroxylation is 1. The summed E-state index contributed by atoms with van der Waals surface area (Å²) in [7, 11) is 1.87. The zero-order chi connectivity index (χ0) is 19.4. The van der Waals surface area contributed by atoms with E-state index in [0.29, 0.717) is 19.3 Å². The highest BCUT2D eigenvalue weighted by Gasteiger charge is 2.38. The monoisotopic (exact) mass is 384 g/mol. The molecule has 1 aliphatic rings. The van der Waals surface area contributed by atoms with Gasteiger partial charge in [-0.2, -0.15) is 0 Å². The average molecular weight is 385 g/mol. The molecule has 0 spiro atoms. The van der Waals surface area contributed by atoms with Gasteiger partial charge in [0.05, 0.1) is 6.04 Å². The molecule has 0 aliphatic carbocycles. The molecule has 1 aromatic heterocycles. The summed E-state index contributed by atoms with van der Waals surface area (Å²) in [4.78, 5) is 27.7. The van der Waals surface area contributed by atoms with Gasteiger partial charge in [-0.15, -0.1) is 11.3 Å². The number of carbonyl (C=O) groups excluding carboxylic acids is 2. The van der Waals surface area contributed by atoms with Crippen molar-refractivity contribution in [2.75, 3.05) is 7.05 Å². The van der Waals surface area contributed by atoms with Crippen LogP contribution in [0.15, 0.2) is 41.8 Å². The van der Waals surface area contributed by atoms with E-state index in [1.165, 1.54) is 16.0 Å². The van der Waals surface area contributed by atoms with Gasteiger partial charge >= 0.3 is 0 Å². The summed E-state index contributed by atoms with van der Waals surface area (Å²) in [6.07, 6.45) is 3.22. The van der Waals surface area contributed by atoms with Gasteiger partial charge in [0.1, 0.15) is 0 Å². The van der Waals surface area contributed by atoms with Gasteiger partial charge in [0.15, 0.2) is 0 Å². The van der Waals surface area contributed by atoms with Crippen LogP contribution in [-0.2, 0) is 16.0 Å². The fourth-order valence-corrected chi connectivity index (χ4v) is 4.56. The Kier molecular flexibility index (Phi) is 6.00. The first-order chi connectivity index (χ1) is 12.9. The molecule has 2 amide bonds. The number of nitrogens with zero attached hydrogens (tertiary/aromatic N) is 1. The van der Waals surface area contributed by atoms with Gasteiger partial charge in [-0.25, -0.2) is 0 Å². The number of hydrogen-bond donors (Lipinski definition) is 1. The number of thiophene rings is 1. The fourth-order valence-electron chi connectivity index (χ4n) is 3.74. The third-order valence-electron chi connectivity index (χ3n) is 5.65. The topological polar surface area (TPSA) is 49.4 Å². The molecule has 1 saturated heterocycles. The first-order valence-corrected chi connectivity index (χ1v) is 10.4. The number of nitrogens with one attached hydrogen (secondary N) is 1. The Morgan fingerprint density at radius 1 is 1.30 bits per heavy atom. The Labute approximate surface area is 165 Å². The summed E-state index contributed by atoms with van der Waals surface area (Å²) in [5.41, 5.74) is 2.12. The van der Waals surface area contributed by atoms with Gasteiger partial charge in [0.2, 0.25) is 11.8 Å². The third-order valence-corrected chi connectivity index (χ3v) is 6.69. The Morgan fingerprint density at radius 2 is 2.04 bits per heavy atom. The van der Waals surface area contributed by atoms with Crippen molar-refractivity contribution < 1.29 is 9.59 Å². The summed E-state index contributed by atoms with van der Waals surface area (Å²) in [6, 6.07) is 12.6. The zero-order valence-electron chi connectivity index (χ0n) is 16.3. The van der Waals surface area contributed by atoms with E-state index in [0.717, 1.165) is 12.8 Å². The zero-order valence-corrected chi connectivity index (χ0v) is 17.1. The maximum Gasteiger partial charge on any atom is 0.222 e. The summed E-state index contributed by atoms with van der Waals surface area (Å²) < 4.78 is 0. The number of rotatable bonds is 7. The SMILES string of the molecule is Cc1ccc(C[C@]2(CCC(=O)N(C)[C@@H](C)c3cccs3)CCC(=O)N2)cc1. The van der Waals surface area contributed by atoms with E-state index in [-0.39, 0.29) is 23.4 Å². The number of hydrogen-bond acceptors (Lipinski definition) is 3. The smallest absolute Gasteiger partial charge is 0.222 e. The van der Waals surface area contributed by atoms with E-state index < -0.39 is 0 Å². The summed E-state index contributed by atoms with van der Waals surface area (Å²) in [5, 5.41) is 5.21. The van der Waals surface area contributed by atoms with Crippen LogP contribution >= 0.6 is 11.3 Å². The van der Waals surface area contributed by atoms with E-state index in [1.807, 2.05) is 23.4 Å². The maximum absolute atomic E-state index is 12.8. The van der Waals surface area contributed by atoms with Crippen molar-refractivity contribution in [1.82, 2.24) is 10.2 Å². The third kappa shape index (κ3) is 4.78. The Balaban J connectivity index is 1.65. The molecule has 0 radical (unpaired) electrons. The van der Waals surface area contributed by atoms with Gasteiger partial charge in [-0.1, -0.05) is 35.9 Å². The number of amides is 2. The summed E-state index contributed by atoms with van der Waals surface area (Å²) in [5.74, 6) is 0.218. The van der Waals surface area contributed by atoms with Crippen molar-refractivity contribution in [2.45, 2.75) is 57.5 Å². The average Bonchev–Trinajstić information content (AvgIpc) is 3.31. The highest BCUT2D eigenvalue weighted by atomic mass is 32.1. The van der Waals surface area contributed by atoms with Crippen LogP contribution in [0.4, 0.5) is 0 Å². The van der Waals surface area contributed by atoms with Crippen LogP contribution < -0.4 is 5.32 Å². The van der Waals surface area contributed by atoms with Gasteiger partial charge in [-0.05, 0) is 50.1 Å². The molecule has 2 heterocycles. The van der Waals surface area contributed by atoms with Crippen LogP contribution in [0, 0.1) is 6.92 Å². The van der Waals surface area contributed by atoms with Gasteiger partial charge in [0.25, 0.3) is 0 Å². The maximum atomic E-state index is 12.8. The molecule has 5 heteroatoms. The molecule has 2 atom stereocenters. The summed E-state index contributed by atoms with van der Waals surface area (Å²) in [6.45, 7) is 4.13. The Bertz CT molecular complexity index is 785. The standard InChI is InChI=1S/C22H28N2O2S/c1-16-6-8-18(9-7-16)15-22(12-10-20(25)23-22)13-11-21(26)24(3)17(2)19-5-4-14-27-19/h4-9,14,17H,10-13,15H2,1-3H3,(H,23,25)/t17-,22+/m0/s1. The predicted octanol–water partition coefficient (Wildman–Crippen LogP) is 4.25. The lowest BCUT2D eigenvalue weighted by molar-refractivity contribution is -0.132. The molecule has 2 aromatic rings. The predicted molar refractivity (Wildman–Crippen MR) is 110 cm³/mol. The second-order valence-corrected chi connectivity index (χ2v) is 8.67. The minimum absolute atomic E-state index is 0.0729. The lowest BCUT2D eigenvalue weighted by Crippen LogP contribution is -2.44. The van der Waals surface area contributed by atoms with Crippen LogP contribution in [0.3, 0.4) is 0 Å². The molecule has 1 fully saturated rings. The molecule has 0 saturated carbocycles. The van der Waals surface area contributed by atoms with Crippen LogP contribution in [0.1, 0.15) is 54.7 Å². The van der Waals surface area contributed by atoms with Crippen molar-refractivity contribution in [3.63, 3.8) is 0 Å². The second-order valence-electron chi connectivity index (χ2n) is 7.69. The molecule has 4 nitrogen and oxygen atoms in total. The van der Waals surface area contributed by atoms with Crippen molar-refractivity contribution in [1.29, 1.82) is 0 Å². The van der Waals surface area contributed by atoms with Gasteiger partial charge in [0, 0.05) is 30.3 Å². The molecule has 27 heavy (non-hydrogen) atoms. The first-order valence-electron chi connectivity index (χ1n) is 9.54. The highest BCUT2D eigenvalue weighted by molar-refractivity contribution is 7.10. The quantitative estimate of drug-likeness (QED) is 0.776. The van der Waals surface area contributed by atoms with Crippen LogP contribution in [0.2, 0.25) is 0 Å². The van der Waals surface area contributed by atoms with Gasteiger partial charge in [-0.3, -0.25) is 9.59 Å². The highest BCUT2D eigenvalue weighted by Crippen LogP contribution is 2.31. The second kappa shape index (κ2) is 8.26. The molecule has 0 unspecified atom stereocenters. The molecule has 3 rings (SSSR count). The molecule has 0 bridgehead atoms. The number of carbonyl (C=O) groups is 2. The first kappa shape index (κ1) is 19.6. The fraction of sp³-hybridized carbons (Fsp3) is 0.455. The Hall–Kier alpha value is -2.14. The van der Waals surface area contributed by atoms with Crippen LogP contribution in [0.25, 0.3) is 0 Å². The van der Waals surface area contributed by atoms with Crippen molar-refractivity contribution in [2.24, 2.45) is 0 Å². The number of benzene rings is 1.